The van der Waals surface area contributed by atoms with Gasteiger partial charge in [0.2, 0.25) is 5.91 Å². The normalized spacial score (nSPS) is 27.6. The molecule has 0 bridgehead atoms. The van der Waals surface area contributed by atoms with E-state index in [4.69, 9.17) is 28.4 Å². The Morgan fingerprint density at radius 1 is 0.378 bits per heavy atom. The Kier molecular flexibility index (Phi) is 52.2. The van der Waals surface area contributed by atoms with Crippen LogP contribution < -0.4 is 5.32 Å². The summed E-state index contributed by atoms with van der Waals surface area (Å²) in [6.45, 7) is 1.51. The molecule has 3 fully saturated rings. The van der Waals surface area contributed by atoms with Crippen LogP contribution in [0.3, 0.4) is 0 Å². The van der Waals surface area contributed by atoms with Crippen molar-refractivity contribution in [2.75, 3.05) is 26.4 Å². The van der Waals surface area contributed by atoms with Crippen LogP contribution in [-0.4, -0.2) is 193 Å². The van der Waals surface area contributed by atoms with E-state index in [1.165, 1.54) is 64.2 Å². The molecule has 558 valence electrons. The van der Waals surface area contributed by atoms with Crippen LogP contribution in [0.1, 0.15) is 213 Å². The second-order valence-electron chi connectivity index (χ2n) is 25.6. The van der Waals surface area contributed by atoms with Crippen LogP contribution in [-0.2, 0) is 33.2 Å². The second-order valence-corrected chi connectivity index (χ2v) is 25.6. The molecule has 1 amide bonds. The molecule has 0 aliphatic carbocycles. The SMILES string of the molecule is CC/C=C\C/C=C\C/C=C\C/C=C\C/C=C\C/C=C\C/C=C\C/C=C\C/C=C\CCCCCCCCCCCCCCCC(=O)NC(COC1OC(CO)C(OC2OC(CO)C(OC3OC(CO)C(O)C(O)C3O)C(O)C2O)C(O)C1O)C(O)/C=C/CC/C=C/CC/C=C/CCCC. The highest BCUT2D eigenvalue weighted by molar-refractivity contribution is 5.76. The number of nitrogens with one attached hydrogen (secondary N) is 1. The maximum atomic E-state index is 13.4. The number of aliphatic hydroxyl groups excluding tert-OH is 11. The quantitative estimate of drug-likeness (QED) is 0.0199. The first-order chi connectivity index (χ1) is 47.8. The van der Waals surface area contributed by atoms with Crippen LogP contribution in [0.4, 0.5) is 0 Å². The van der Waals surface area contributed by atoms with Gasteiger partial charge in [-0.3, -0.25) is 4.79 Å². The minimum absolute atomic E-state index is 0.222. The van der Waals surface area contributed by atoms with E-state index < -0.39 is 124 Å². The number of carbonyl (C=O) groups excluding carboxylic acids is 1. The third-order valence-corrected chi connectivity index (χ3v) is 17.3. The minimum atomic E-state index is -1.99. The Balaban J connectivity index is 1.31. The van der Waals surface area contributed by atoms with Gasteiger partial charge in [0, 0.05) is 6.42 Å². The van der Waals surface area contributed by atoms with Crippen LogP contribution in [0, 0.1) is 0 Å². The number of rotatable bonds is 55. The zero-order valence-electron chi connectivity index (χ0n) is 59.2. The Morgan fingerprint density at radius 3 is 1.14 bits per heavy atom. The highest BCUT2D eigenvalue weighted by Crippen LogP contribution is 2.33. The maximum absolute atomic E-state index is 13.4. The average molecular weight is 1380 g/mol. The Bertz CT molecular complexity index is 2340. The zero-order chi connectivity index (χ0) is 71.1. The number of hydrogen-bond acceptors (Lipinski definition) is 18. The van der Waals surface area contributed by atoms with Crippen molar-refractivity contribution in [3.63, 3.8) is 0 Å². The molecule has 3 aliphatic rings. The van der Waals surface area contributed by atoms with Crippen molar-refractivity contribution in [3.05, 3.63) is 146 Å². The maximum Gasteiger partial charge on any atom is 0.220 e. The number of amides is 1. The molecule has 19 nitrogen and oxygen atoms in total. The fourth-order valence-corrected chi connectivity index (χ4v) is 11.4. The van der Waals surface area contributed by atoms with Gasteiger partial charge in [-0.1, -0.05) is 243 Å². The lowest BCUT2D eigenvalue weighted by atomic mass is 9.96. The van der Waals surface area contributed by atoms with Gasteiger partial charge in [0.1, 0.15) is 73.2 Å². The molecule has 98 heavy (non-hydrogen) atoms. The molecule has 0 aromatic heterocycles. The van der Waals surface area contributed by atoms with Crippen LogP contribution in [0.25, 0.3) is 0 Å². The molecule has 3 rings (SSSR count). The molecule has 0 radical (unpaired) electrons. The summed E-state index contributed by atoms with van der Waals surface area (Å²) in [5.41, 5.74) is 0. The first kappa shape index (κ1) is 87.9. The van der Waals surface area contributed by atoms with Gasteiger partial charge in [0.05, 0.1) is 38.6 Å². The first-order valence-corrected chi connectivity index (χ1v) is 37.1. The van der Waals surface area contributed by atoms with Gasteiger partial charge >= 0.3 is 0 Å². The van der Waals surface area contributed by atoms with Crippen molar-refractivity contribution in [2.24, 2.45) is 0 Å². The molecule has 0 aromatic carbocycles. The van der Waals surface area contributed by atoms with Gasteiger partial charge in [0.15, 0.2) is 18.9 Å². The summed E-state index contributed by atoms with van der Waals surface area (Å²) in [5.74, 6) is -0.299. The van der Waals surface area contributed by atoms with Crippen molar-refractivity contribution in [1.82, 2.24) is 5.32 Å². The van der Waals surface area contributed by atoms with E-state index in [-0.39, 0.29) is 18.9 Å². The molecule has 17 atom stereocenters. The fraction of sp³-hybridized carbons (Fsp3) is 0.684. The molecule has 19 heteroatoms. The summed E-state index contributed by atoms with van der Waals surface area (Å²) >= 11 is 0. The van der Waals surface area contributed by atoms with Gasteiger partial charge in [-0.25, -0.2) is 0 Å². The largest absolute Gasteiger partial charge is 0.394 e. The Labute approximate surface area is 587 Å². The van der Waals surface area contributed by atoms with E-state index in [1.807, 2.05) is 6.08 Å². The Morgan fingerprint density at radius 2 is 0.714 bits per heavy atom. The predicted molar refractivity (Wildman–Crippen MR) is 387 cm³/mol. The van der Waals surface area contributed by atoms with Crippen molar-refractivity contribution in [2.45, 2.75) is 317 Å². The zero-order valence-corrected chi connectivity index (χ0v) is 59.2. The van der Waals surface area contributed by atoms with E-state index in [0.717, 1.165) is 116 Å². The van der Waals surface area contributed by atoms with Crippen LogP contribution in [0.2, 0.25) is 0 Å². The van der Waals surface area contributed by atoms with Crippen LogP contribution in [0.5, 0.6) is 0 Å². The Hall–Kier alpha value is -4.33. The van der Waals surface area contributed by atoms with Gasteiger partial charge in [-0.2, -0.15) is 0 Å². The number of carbonyl (C=O) groups is 1. The number of ether oxygens (including phenoxy) is 6. The lowest BCUT2D eigenvalue weighted by molar-refractivity contribution is -0.379. The standard InChI is InChI=1S/C79H129NO18/c1-3-5-7-9-11-13-15-17-18-19-20-21-22-23-24-25-26-27-28-29-30-31-32-33-34-35-36-37-38-39-40-41-42-43-44-45-47-49-51-53-55-57-67(85)80-62(63(84)56-54-52-50-48-46-16-14-12-10-8-6-4-2)61-93-77-73(91)70(88)75(65(59-82)95-77)98-79-74(92)71(89)76(66(60-83)96-79)97-78-72(90)69(87)68(86)64(58-81)94-78/h5,7,10-13,17-18,20-21,23-24,26-27,29-30,32-33,35-36,46,48,54,56,62-66,68-79,81-84,86-92H,3-4,6,8-9,14-16,19,22,25,28,31,34,37-45,47,49-53,55,57-61H2,1-2H3,(H,80,85)/b7-5-,12-10+,13-11-,18-17-,21-20-,24-23-,27-26-,30-29-,33-32-,36-35-,48-46+,56-54+. The fourth-order valence-electron chi connectivity index (χ4n) is 11.4. The van der Waals surface area contributed by atoms with E-state index >= 15 is 0 Å². The number of hydrogen-bond donors (Lipinski definition) is 12. The lowest BCUT2D eigenvalue weighted by Crippen LogP contribution is -2.66. The lowest BCUT2D eigenvalue weighted by Gasteiger charge is -2.48. The molecular formula is C79H129NO18. The van der Waals surface area contributed by atoms with E-state index in [9.17, 15) is 61.0 Å². The van der Waals surface area contributed by atoms with Crippen molar-refractivity contribution < 1.29 is 89.4 Å². The topological polar surface area (TPSA) is 307 Å². The molecule has 3 saturated heterocycles. The molecule has 3 heterocycles. The average Bonchev–Trinajstić information content (AvgIpc) is 0.785. The number of aliphatic hydroxyl groups is 11. The van der Waals surface area contributed by atoms with Gasteiger partial charge < -0.3 is 89.9 Å². The summed E-state index contributed by atoms with van der Waals surface area (Å²) in [4.78, 5) is 13.4. The van der Waals surface area contributed by atoms with E-state index in [0.29, 0.717) is 12.8 Å². The van der Waals surface area contributed by atoms with Gasteiger partial charge in [0.25, 0.3) is 0 Å². The number of unbranched alkanes of at least 4 members (excludes halogenated alkanes) is 17. The first-order valence-electron chi connectivity index (χ1n) is 37.1. The molecule has 12 N–H and O–H groups in total. The van der Waals surface area contributed by atoms with Crippen LogP contribution in [0.15, 0.2) is 146 Å². The van der Waals surface area contributed by atoms with Gasteiger partial charge in [-0.05, 0) is 109 Å². The summed E-state index contributed by atoms with van der Waals surface area (Å²) in [5, 5.41) is 120. The van der Waals surface area contributed by atoms with Crippen molar-refractivity contribution >= 4 is 5.91 Å². The minimum Gasteiger partial charge on any atom is -0.394 e. The third-order valence-electron chi connectivity index (χ3n) is 17.3. The number of allylic oxidation sites excluding steroid dienone is 23. The third kappa shape index (κ3) is 38.6. The molecular weight excluding hydrogens is 1250 g/mol. The summed E-state index contributed by atoms with van der Waals surface area (Å²) in [7, 11) is 0. The van der Waals surface area contributed by atoms with Gasteiger partial charge in [-0.15, -0.1) is 0 Å². The summed E-state index contributed by atoms with van der Waals surface area (Å²) in [6, 6.07) is -1.00. The molecule has 0 saturated carbocycles. The predicted octanol–water partition coefficient (Wildman–Crippen LogP) is 11.1. The highest BCUT2D eigenvalue weighted by Gasteiger charge is 2.53. The molecule has 17 unspecified atom stereocenters. The summed E-state index contributed by atoms with van der Waals surface area (Å²) in [6.07, 6.45) is 57.1. The van der Waals surface area contributed by atoms with Crippen molar-refractivity contribution in [3.8, 4) is 0 Å². The second kappa shape index (κ2) is 58.2. The van der Waals surface area contributed by atoms with Crippen molar-refractivity contribution in [1.29, 1.82) is 0 Å². The smallest absolute Gasteiger partial charge is 0.220 e. The molecule has 0 aromatic rings. The highest BCUT2D eigenvalue weighted by atomic mass is 16.8. The van der Waals surface area contributed by atoms with E-state index in [1.54, 1.807) is 6.08 Å². The monoisotopic (exact) mass is 1380 g/mol. The van der Waals surface area contributed by atoms with E-state index in [2.05, 4.69) is 153 Å². The molecule has 3 aliphatic heterocycles. The summed E-state index contributed by atoms with van der Waals surface area (Å²) < 4.78 is 34.3. The molecule has 0 spiro atoms. The van der Waals surface area contributed by atoms with Crippen LogP contribution >= 0.6 is 0 Å².